The van der Waals surface area contributed by atoms with E-state index in [1.165, 1.54) is 5.82 Å². The Morgan fingerprint density at radius 2 is 2.29 bits per heavy atom. The topological polar surface area (TPSA) is 39.9 Å². The molecule has 0 spiro atoms. The van der Waals surface area contributed by atoms with Crippen LogP contribution in [0.3, 0.4) is 0 Å². The second-order valence-electron chi connectivity index (χ2n) is 4.27. The predicted octanol–water partition coefficient (Wildman–Crippen LogP) is 1.05. The third-order valence-electron chi connectivity index (χ3n) is 3.36. The van der Waals surface area contributed by atoms with Crippen LogP contribution in [0.4, 0.5) is 0 Å². The molecule has 0 amide bonds. The third-order valence-corrected chi connectivity index (χ3v) is 3.36. The second-order valence-corrected chi connectivity index (χ2v) is 4.27. The molecule has 4 nitrogen and oxygen atoms in total. The number of rotatable bonds is 3. The second kappa shape index (κ2) is 3.05. The molecule has 2 unspecified atom stereocenters. The van der Waals surface area contributed by atoms with E-state index in [0.717, 1.165) is 38.0 Å². The van der Waals surface area contributed by atoms with Crippen molar-refractivity contribution in [3.63, 3.8) is 0 Å². The van der Waals surface area contributed by atoms with E-state index >= 15 is 0 Å². The Balaban J connectivity index is 1.80. The van der Waals surface area contributed by atoms with E-state index in [1.807, 2.05) is 6.33 Å². The predicted molar refractivity (Wildman–Crippen MR) is 50.9 cm³/mol. The van der Waals surface area contributed by atoms with Crippen LogP contribution in [0.15, 0.2) is 6.33 Å². The first-order valence-corrected chi connectivity index (χ1v) is 5.37. The molecule has 1 aliphatic heterocycles. The molecule has 4 heteroatoms. The first-order valence-electron chi connectivity index (χ1n) is 5.37. The maximum absolute atomic E-state index is 5.38. The molecule has 1 saturated heterocycles. The highest BCUT2D eigenvalue weighted by molar-refractivity contribution is 5.17. The molecule has 1 saturated carbocycles. The summed E-state index contributed by atoms with van der Waals surface area (Å²) in [6.07, 6.45) is 3.00. The Morgan fingerprint density at radius 1 is 1.50 bits per heavy atom. The lowest BCUT2D eigenvalue weighted by molar-refractivity contribution is 0.159. The quantitative estimate of drug-likeness (QED) is 0.720. The lowest BCUT2D eigenvalue weighted by Gasteiger charge is -2.06. The van der Waals surface area contributed by atoms with E-state index in [-0.39, 0.29) is 0 Å². The molecule has 0 aromatic carbocycles. The zero-order chi connectivity index (χ0) is 9.54. The van der Waals surface area contributed by atoms with E-state index < -0.39 is 0 Å². The summed E-state index contributed by atoms with van der Waals surface area (Å²) in [5, 5.41) is 8.24. The standard InChI is InChI=1S/C10H15N3O/c1-2-3-13-6-11-12-10(13)9-7-4-14-5-8(7)9/h6-9H,2-5H2,1H3. The zero-order valence-electron chi connectivity index (χ0n) is 8.39. The average Bonchev–Trinajstić information content (AvgIpc) is 2.63. The summed E-state index contributed by atoms with van der Waals surface area (Å²) in [6, 6.07) is 0. The van der Waals surface area contributed by atoms with E-state index in [0.29, 0.717) is 5.92 Å². The molecule has 14 heavy (non-hydrogen) atoms. The average molecular weight is 193 g/mol. The van der Waals surface area contributed by atoms with Gasteiger partial charge in [0.25, 0.3) is 0 Å². The number of hydrogen-bond donors (Lipinski definition) is 0. The van der Waals surface area contributed by atoms with Gasteiger partial charge in [-0.1, -0.05) is 6.92 Å². The van der Waals surface area contributed by atoms with Crippen molar-refractivity contribution in [3.05, 3.63) is 12.2 Å². The van der Waals surface area contributed by atoms with Gasteiger partial charge in [-0.15, -0.1) is 10.2 Å². The lowest BCUT2D eigenvalue weighted by Crippen LogP contribution is -2.06. The van der Waals surface area contributed by atoms with Crippen molar-refractivity contribution >= 4 is 0 Å². The summed E-state index contributed by atoms with van der Waals surface area (Å²) < 4.78 is 7.57. The van der Waals surface area contributed by atoms with Gasteiger partial charge >= 0.3 is 0 Å². The number of aryl methyl sites for hydroxylation is 1. The summed E-state index contributed by atoms with van der Waals surface area (Å²) in [4.78, 5) is 0. The number of ether oxygens (including phenoxy) is 1. The van der Waals surface area contributed by atoms with Crippen LogP contribution in [-0.2, 0) is 11.3 Å². The zero-order valence-corrected chi connectivity index (χ0v) is 8.39. The van der Waals surface area contributed by atoms with Gasteiger partial charge in [0.2, 0.25) is 0 Å². The minimum atomic E-state index is 0.637. The molecule has 2 heterocycles. The molecule has 76 valence electrons. The van der Waals surface area contributed by atoms with Crippen LogP contribution in [0.2, 0.25) is 0 Å². The summed E-state index contributed by atoms with van der Waals surface area (Å²) >= 11 is 0. The molecule has 0 N–H and O–H groups in total. The molecular formula is C10H15N3O. The molecule has 2 atom stereocenters. The van der Waals surface area contributed by atoms with Crippen molar-refractivity contribution < 1.29 is 4.74 Å². The van der Waals surface area contributed by atoms with Crippen LogP contribution >= 0.6 is 0 Å². The van der Waals surface area contributed by atoms with E-state index in [9.17, 15) is 0 Å². The minimum Gasteiger partial charge on any atom is -0.381 e. The first-order chi connectivity index (χ1) is 6.92. The van der Waals surface area contributed by atoms with Crippen molar-refractivity contribution in [1.82, 2.24) is 14.8 Å². The maximum atomic E-state index is 5.38. The van der Waals surface area contributed by atoms with Crippen molar-refractivity contribution in [2.24, 2.45) is 11.8 Å². The van der Waals surface area contributed by atoms with Crippen molar-refractivity contribution in [3.8, 4) is 0 Å². The van der Waals surface area contributed by atoms with E-state index in [2.05, 4.69) is 21.7 Å². The molecule has 1 aromatic rings. The molecule has 3 rings (SSSR count). The highest BCUT2D eigenvalue weighted by Gasteiger charge is 2.56. The maximum Gasteiger partial charge on any atom is 0.136 e. The Hall–Kier alpha value is -0.900. The van der Waals surface area contributed by atoms with E-state index in [1.54, 1.807) is 0 Å². The van der Waals surface area contributed by atoms with Crippen LogP contribution in [0.25, 0.3) is 0 Å². The van der Waals surface area contributed by atoms with Crippen LogP contribution in [0.5, 0.6) is 0 Å². The van der Waals surface area contributed by atoms with Gasteiger partial charge in [-0.25, -0.2) is 0 Å². The Labute approximate surface area is 83.3 Å². The van der Waals surface area contributed by atoms with Crippen LogP contribution in [0, 0.1) is 11.8 Å². The van der Waals surface area contributed by atoms with Gasteiger partial charge in [0.15, 0.2) is 0 Å². The van der Waals surface area contributed by atoms with Crippen LogP contribution < -0.4 is 0 Å². The first kappa shape index (κ1) is 8.41. The summed E-state index contributed by atoms with van der Waals surface area (Å²) in [6.45, 7) is 5.07. The largest absolute Gasteiger partial charge is 0.381 e. The fourth-order valence-electron chi connectivity index (χ4n) is 2.56. The number of fused-ring (bicyclic) bond motifs is 1. The van der Waals surface area contributed by atoms with Gasteiger partial charge in [-0.2, -0.15) is 0 Å². The van der Waals surface area contributed by atoms with Gasteiger partial charge < -0.3 is 9.30 Å². The van der Waals surface area contributed by atoms with Crippen molar-refractivity contribution in [2.75, 3.05) is 13.2 Å². The molecule has 1 aliphatic carbocycles. The number of hydrogen-bond acceptors (Lipinski definition) is 3. The molecule has 0 radical (unpaired) electrons. The Kier molecular flexibility index (Phi) is 1.83. The fourth-order valence-corrected chi connectivity index (χ4v) is 2.56. The SMILES string of the molecule is CCCn1cnnc1C1C2COCC21. The molecule has 2 fully saturated rings. The Bertz CT molecular complexity index is 326. The van der Waals surface area contributed by atoms with Crippen LogP contribution in [0.1, 0.15) is 25.1 Å². The van der Waals surface area contributed by atoms with Gasteiger partial charge in [0.05, 0.1) is 13.2 Å². The van der Waals surface area contributed by atoms with Crippen molar-refractivity contribution in [1.29, 1.82) is 0 Å². The van der Waals surface area contributed by atoms with Crippen molar-refractivity contribution in [2.45, 2.75) is 25.8 Å². The normalized spacial score (nSPS) is 34.5. The molecular weight excluding hydrogens is 178 g/mol. The Morgan fingerprint density at radius 3 is 3.00 bits per heavy atom. The van der Waals surface area contributed by atoms with E-state index in [4.69, 9.17) is 4.74 Å². The lowest BCUT2D eigenvalue weighted by atomic mass is 10.3. The van der Waals surface area contributed by atoms with Crippen LogP contribution in [-0.4, -0.2) is 28.0 Å². The highest BCUT2D eigenvalue weighted by atomic mass is 16.5. The summed E-state index contributed by atoms with van der Waals surface area (Å²) in [7, 11) is 0. The monoisotopic (exact) mass is 193 g/mol. The number of aromatic nitrogens is 3. The third kappa shape index (κ3) is 1.10. The number of nitrogens with zero attached hydrogens (tertiary/aromatic N) is 3. The molecule has 0 bridgehead atoms. The fraction of sp³-hybridized carbons (Fsp3) is 0.800. The summed E-state index contributed by atoms with van der Waals surface area (Å²) in [5.74, 6) is 3.28. The molecule has 2 aliphatic rings. The van der Waals surface area contributed by atoms with Gasteiger partial charge in [0, 0.05) is 12.5 Å². The van der Waals surface area contributed by atoms with Gasteiger partial charge in [-0.3, -0.25) is 0 Å². The van der Waals surface area contributed by atoms with Gasteiger partial charge in [0.1, 0.15) is 12.2 Å². The minimum absolute atomic E-state index is 0.637. The molecule has 1 aromatic heterocycles. The highest BCUT2D eigenvalue weighted by Crippen LogP contribution is 2.56. The van der Waals surface area contributed by atoms with Gasteiger partial charge in [-0.05, 0) is 18.3 Å². The smallest absolute Gasteiger partial charge is 0.136 e. The summed E-state index contributed by atoms with van der Waals surface area (Å²) in [5.41, 5.74) is 0.